The number of aromatic amines is 1. The van der Waals surface area contributed by atoms with E-state index in [4.69, 9.17) is 16.3 Å². The van der Waals surface area contributed by atoms with Gasteiger partial charge in [-0.15, -0.1) is 0 Å². The molecule has 34 heavy (non-hydrogen) atoms. The van der Waals surface area contributed by atoms with Crippen molar-refractivity contribution in [2.75, 3.05) is 23.1 Å². The van der Waals surface area contributed by atoms with Crippen LogP contribution in [-0.2, 0) is 9.59 Å². The molecule has 1 aliphatic heterocycles. The number of hydrogen-bond acceptors (Lipinski definition) is 8. The van der Waals surface area contributed by atoms with Gasteiger partial charge in [0.05, 0.1) is 35.3 Å². The summed E-state index contributed by atoms with van der Waals surface area (Å²) in [6.07, 6.45) is -0.289. The van der Waals surface area contributed by atoms with E-state index in [-0.39, 0.29) is 40.9 Å². The Morgan fingerprint density at radius 1 is 1.24 bits per heavy atom. The van der Waals surface area contributed by atoms with E-state index in [0.717, 1.165) is 6.07 Å². The maximum atomic E-state index is 13.0. The molecule has 1 aromatic heterocycles. The highest BCUT2D eigenvalue weighted by atomic mass is 35.5. The number of aromatic nitrogens is 2. The third-order valence-electron chi connectivity index (χ3n) is 5.03. The molecule has 1 aliphatic rings. The first-order valence-corrected chi connectivity index (χ1v) is 10.2. The predicted molar refractivity (Wildman–Crippen MR) is 124 cm³/mol. The van der Waals surface area contributed by atoms with Crippen LogP contribution < -0.4 is 26.2 Å². The summed E-state index contributed by atoms with van der Waals surface area (Å²) >= 11 is 5.87. The van der Waals surface area contributed by atoms with Gasteiger partial charge in [0.25, 0.3) is 11.2 Å². The van der Waals surface area contributed by atoms with E-state index in [2.05, 4.69) is 25.9 Å². The van der Waals surface area contributed by atoms with E-state index in [9.17, 15) is 24.5 Å². The van der Waals surface area contributed by atoms with E-state index in [1.807, 2.05) is 0 Å². The van der Waals surface area contributed by atoms with Gasteiger partial charge in [-0.05, 0) is 30.3 Å². The third kappa shape index (κ3) is 4.66. The first-order chi connectivity index (χ1) is 16.2. The predicted octanol–water partition coefficient (Wildman–Crippen LogP) is 3.15. The van der Waals surface area contributed by atoms with Crippen molar-refractivity contribution in [3.05, 3.63) is 73.5 Å². The first-order valence-electron chi connectivity index (χ1n) is 9.85. The molecule has 1 atom stereocenters. The van der Waals surface area contributed by atoms with E-state index in [0.29, 0.717) is 10.7 Å². The van der Waals surface area contributed by atoms with Crippen molar-refractivity contribution in [3.63, 3.8) is 0 Å². The summed E-state index contributed by atoms with van der Waals surface area (Å²) in [5, 5.41) is 19.5. The zero-order valence-corrected chi connectivity index (χ0v) is 18.3. The number of halogens is 1. The number of ether oxygens (including phenoxy) is 1. The Morgan fingerprint density at radius 3 is 2.65 bits per heavy atom. The molecule has 12 nitrogen and oxygen atoms in total. The molecule has 4 N–H and O–H groups in total. The lowest BCUT2D eigenvalue weighted by molar-refractivity contribution is -0.384. The number of carbonyl (C=O) groups is 2. The minimum absolute atomic E-state index is 0.0142. The molecule has 4 rings (SSSR count). The summed E-state index contributed by atoms with van der Waals surface area (Å²) in [7, 11) is 1.29. The van der Waals surface area contributed by atoms with E-state index >= 15 is 0 Å². The number of nitro benzene ring substituents is 1. The van der Waals surface area contributed by atoms with Crippen molar-refractivity contribution in [2.45, 2.75) is 12.3 Å². The fourth-order valence-electron chi connectivity index (χ4n) is 3.44. The van der Waals surface area contributed by atoms with Crippen LogP contribution in [0.2, 0.25) is 5.02 Å². The maximum absolute atomic E-state index is 13.0. The standard InChI is InChI=1S/C21H17ClN6O6/c1-34-15-8-12(28(32)33)6-7-14(15)24-19(30)13-9-16(29)25-18-17(13)20(31)27-21(26-18)23-11-4-2-10(22)3-5-11/h2-8,13H,9H2,1H3,(H,24,30)(H3,23,25,26,27,29,31). The molecule has 1 unspecified atom stereocenters. The van der Waals surface area contributed by atoms with Gasteiger partial charge >= 0.3 is 0 Å². The van der Waals surface area contributed by atoms with E-state index in [1.165, 1.54) is 19.2 Å². The molecular formula is C21H17ClN6O6. The van der Waals surface area contributed by atoms with Gasteiger partial charge < -0.3 is 20.7 Å². The topological polar surface area (TPSA) is 168 Å². The summed E-state index contributed by atoms with van der Waals surface area (Å²) in [5.74, 6) is -2.26. The van der Waals surface area contributed by atoms with Crippen LogP contribution in [0.15, 0.2) is 47.3 Å². The molecule has 0 aliphatic carbocycles. The second-order valence-electron chi connectivity index (χ2n) is 7.24. The molecular weight excluding hydrogens is 468 g/mol. The Balaban J connectivity index is 1.63. The van der Waals surface area contributed by atoms with Crippen molar-refractivity contribution in [2.24, 2.45) is 0 Å². The highest BCUT2D eigenvalue weighted by Crippen LogP contribution is 2.33. The highest BCUT2D eigenvalue weighted by Gasteiger charge is 2.35. The van der Waals surface area contributed by atoms with Gasteiger partial charge in [0, 0.05) is 23.2 Å². The fraction of sp³-hybridized carbons (Fsp3) is 0.143. The van der Waals surface area contributed by atoms with Gasteiger partial charge in [-0.1, -0.05) is 11.6 Å². The van der Waals surface area contributed by atoms with E-state index < -0.39 is 28.2 Å². The Kier molecular flexibility index (Phi) is 6.15. The normalized spacial score (nSPS) is 14.5. The second-order valence-corrected chi connectivity index (χ2v) is 7.68. The van der Waals surface area contributed by atoms with Crippen molar-refractivity contribution in [1.29, 1.82) is 0 Å². The Morgan fingerprint density at radius 2 is 1.97 bits per heavy atom. The zero-order chi connectivity index (χ0) is 24.4. The van der Waals surface area contributed by atoms with Crippen LogP contribution in [0.5, 0.6) is 5.75 Å². The number of hydrogen-bond donors (Lipinski definition) is 4. The summed E-state index contributed by atoms with van der Waals surface area (Å²) < 4.78 is 5.12. The van der Waals surface area contributed by atoms with Gasteiger partial charge in [-0.2, -0.15) is 4.98 Å². The summed E-state index contributed by atoms with van der Waals surface area (Å²) in [4.78, 5) is 55.3. The highest BCUT2D eigenvalue weighted by molar-refractivity contribution is 6.30. The smallest absolute Gasteiger partial charge is 0.273 e. The molecule has 0 saturated carbocycles. The number of nitrogens with one attached hydrogen (secondary N) is 4. The van der Waals surface area contributed by atoms with Gasteiger partial charge in [0.15, 0.2) is 0 Å². The lowest BCUT2D eigenvalue weighted by Crippen LogP contribution is -2.36. The molecule has 174 valence electrons. The van der Waals surface area contributed by atoms with Crippen LogP contribution >= 0.6 is 11.6 Å². The average molecular weight is 485 g/mol. The number of nitrogens with zero attached hydrogens (tertiary/aromatic N) is 2. The lowest BCUT2D eigenvalue weighted by Gasteiger charge is -2.24. The van der Waals surface area contributed by atoms with Crippen molar-refractivity contribution in [3.8, 4) is 5.75 Å². The number of fused-ring (bicyclic) bond motifs is 1. The average Bonchev–Trinajstić information content (AvgIpc) is 2.79. The number of benzene rings is 2. The number of rotatable bonds is 6. The Hall–Kier alpha value is -4.45. The molecule has 0 radical (unpaired) electrons. The molecule has 2 heterocycles. The lowest BCUT2D eigenvalue weighted by atomic mass is 9.92. The number of methoxy groups -OCH3 is 1. The number of carbonyl (C=O) groups excluding carboxylic acids is 2. The van der Waals surface area contributed by atoms with Crippen molar-refractivity contribution in [1.82, 2.24) is 9.97 Å². The fourth-order valence-corrected chi connectivity index (χ4v) is 3.57. The largest absolute Gasteiger partial charge is 0.494 e. The van der Waals surface area contributed by atoms with Crippen molar-refractivity contribution >= 4 is 52.2 Å². The Bertz CT molecular complexity index is 1360. The zero-order valence-electron chi connectivity index (χ0n) is 17.5. The number of non-ortho nitro benzene ring substituents is 1. The third-order valence-corrected chi connectivity index (χ3v) is 5.28. The summed E-state index contributed by atoms with van der Waals surface area (Å²) in [6, 6.07) is 10.3. The molecule has 2 aromatic carbocycles. The van der Waals surface area contributed by atoms with Gasteiger partial charge in [-0.25, -0.2) is 0 Å². The maximum Gasteiger partial charge on any atom is 0.273 e. The molecule has 0 bridgehead atoms. The minimum Gasteiger partial charge on any atom is -0.494 e. The quantitative estimate of drug-likeness (QED) is 0.305. The summed E-state index contributed by atoms with van der Waals surface area (Å²) in [5.41, 5.74) is -0.110. The molecule has 0 saturated heterocycles. The Labute approximate surface area is 196 Å². The van der Waals surface area contributed by atoms with E-state index in [1.54, 1.807) is 24.3 Å². The number of anilines is 4. The van der Waals surface area contributed by atoms with Crippen LogP contribution in [0.25, 0.3) is 0 Å². The minimum atomic E-state index is -1.15. The van der Waals surface area contributed by atoms with Gasteiger partial charge in [-0.3, -0.25) is 29.5 Å². The number of nitro groups is 1. The first kappa shape index (κ1) is 22.7. The molecule has 3 aromatic rings. The molecule has 0 fully saturated rings. The van der Waals surface area contributed by atoms with Crippen LogP contribution in [-0.4, -0.2) is 33.8 Å². The van der Waals surface area contributed by atoms with Crippen LogP contribution in [0.3, 0.4) is 0 Å². The second kappa shape index (κ2) is 9.19. The number of H-pyrrole nitrogens is 1. The molecule has 0 spiro atoms. The SMILES string of the molecule is COc1cc([N+](=O)[O-])ccc1NC(=O)C1CC(=O)Nc2nc(Nc3ccc(Cl)cc3)[nH]c(=O)c21. The molecule has 13 heteroatoms. The van der Waals surface area contributed by atoms with Gasteiger partial charge in [0.1, 0.15) is 11.6 Å². The summed E-state index contributed by atoms with van der Waals surface area (Å²) in [6.45, 7) is 0. The van der Waals surface area contributed by atoms with Crippen LogP contribution in [0, 0.1) is 10.1 Å². The number of amides is 2. The van der Waals surface area contributed by atoms with Crippen LogP contribution in [0.4, 0.5) is 28.8 Å². The van der Waals surface area contributed by atoms with Crippen molar-refractivity contribution < 1.29 is 19.2 Å². The van der Waals surface area contributed by atoms with Crippen LogP contribution in [0.1, 0.15) is 17.9 Å². The monoisotopic (exact) mass is 484 g/mol. The molecule has 2 amide bonds. The van der Waals surface area contributed by atoms with Gasteiger partial charge in [0.2, 0.25) is 17.8 Å².